The van der Waals surface area contributed by atoms with Crippen molar-refractivity contribution in [3.05, 3.63) is 70.2 Å². The van der Waals surface area contributed by atoms with Gasteiger partial charge in [-0.25, -0.2) is 4.98 Å². The SMILES string of the molecule is Cc1ccc(CNC(=O)CSc2nnc(-c3ccc(C)cc3)c3sc(C)nc23)cc1. The molecule has 0 aliphatic rings. The molecule has 4 rings (SSSR count). The van der Waals surface area contributed by atoms with Crippen LogP contribution in [0.5, 0.6) is 0 Å². The molecule has 0 bridgehead atoms. The summed E-state index contributed by atoms with van der Waals surface area (Å²) >= 11 is 2.98. The van der Waals surface area contributed by atoms with E-state index in [2.05, 4.69) is 51.7 Å². The maximum absolute atomic E-state index is 12.3. The van der Waals surface area contributed by atoms with Crippen LogP contribution in [0.25, 0.3) is 21.5 Å². The maximum Gasteiger partial charge on any atom is 0.230 e. The number of aryl methyl sites for hydroxylation is 3. The lowest BCUT2D eigenvalue weighted by Gasteiger charge is -2.07. The fourth-order valence-electron chi connectivity index (χ4n) is 3.01. The summed E-state index contributed by atoms with van der Waals surface area (Å²) in [5, 5.41) is 13.5. The summed E-state index contributed by atoms with van der Waals surface area (Å²) in [6.45, 7) is 6.60. The molecule has 30 heavy (non-hydrogen) atoms. The van der Waals surface area contributed by atoms with Crippen molar-refractivity contribution in [1.29, 1.82) is 0 Å². The van der Waals surface area contributed by atoms with Crippen molar-refractivity contribution >= 4 is 39.2 Å². The van der Waals surface area contributed by atoms with Crippen LogP contribution in [0.15, 0.2) is 53.6 Å². The van der Waals surface area contributed by atoms with Gasteiger partial charge >= 0.3 is 0 Å². The highest BCUT2D eigenvalue weighted by Gasteiger charge is 2.16. The first-order valence-corrected chi connectivity index (χ1v) is 11.5. The number of carbonyl (C=O) groups is 1. The number of rotatable bonds is 6. The molecule has 1 N–H and O–H groups in total. The van der Waals surface area contributed by atoms with E-state index in [0.29, 0.717) is 11.6 Å². The Bertz CT molecular complexity index is 1180. The molecule has 0 unspecified atom stereocenters. The first-order valence-electron chi connectivity index (χ1n) is 9.65. The van der Waals surface area contributed by atoms with Gasteiger partial charge in [0.15, 0.2) is 0 Å². The Morgan fingerprint density at radius 3 is 2.33 bits per heavy atom. The molecule has 152 valence electrons. The number of carbonyl (C=O) groups excluding carboxylic acids is 1. The highest BCUT2D eigenvalue weighted by Crippen LogP contribution is 2.35. The zero-order valence-corrected chi connectivity index (χ0v) is 18.7. The van der Waals surface area contributed by atoms with Crippen LogP contribution in [0.1, 0.15) is 21.7 Å². The van der Waals surface area contributed by atoms with Crippen LogP contribution in [-0.2, 0) is 11.3 Å². The molecule has 4 aromatic rings. The first-order chi connectivity index (χ1) is 14.5. The minimum Gasteiger partial charge on any atom is -0.351 e. The molecular weight excluding hydrogens is 412 g/mol. The van der Waals surface area contributed by atoms with Gasteiger partial charge in [-0.2, -0.15) is 0 Å². The number of thioether (sulfide) groups is 1. The monoisotopic (exact) mass is 434 g/mol. The topological polar surface area (TPSA) is 67.8 Å². The second-order valence-corrected chi connectivity index (χ2v) is 9.35. The molecule has 5 nitrogen and oxygen atoms in total. The maximum atomic E-state index is 12.3. The van der Waals surface area contributed by atoms with E-state index in [-0.39, 0.29) is 11.7 Å². The van der Waals surface area contributed by atoms with Crippen LogP contribution in [0, 0.1) is 20.8 Å². The minimum atomic E-state index is -0.0370. The third-order valence-electron chi connectivity index (χ3n) is 4.67. The van der Waals surface area contributed by atoms with Crippen molar-refractivity contribution < 1.29 is 4.79 Å². The van der Waals surface area contributed by atoms with Crippen LogP contribution in [-0.4, -0.2) is 26.8 Å². The van der Waals surface area contributed by atoms with E-state index in [1.807, 2.05) is 38.1 Å². The van der Waals surface area contributed by atoms with Crippen molar-refractivity contribution in [2.45, 2.75) is 32.3 Å². The third-order valence-corrected chi connectivity index (χ3v) is 6.60. The largest absolute Gasteiger partial charge is 0.351 e. The average Bonchev–Trinajstić information content (AvgIpc) is 3.14. The van der Waals surface area contributed by atoms with Gasteiger partial charge in [-0.1, -0.05) is 71.4 Å². The summed E-state index contributed by atoms with van der Waals surface area (Å²) in [5.41, 5.74) is 6.17. The summed E-state index contributed by atoms with van der Waals surface area (Å²) in [4.78, 5) is 17.0. The lowest BCUT2D eigenvalue weighted by molar-refractivity contribution is -0.118. The molecule has 0 saturated heterocycles. The smallest absolute Gasteiger partial charge is 0.230 e. The van der Waals surface area contributed by atoms with Crippen LogP contribution in [0.2, 0.25) is 0 Å². The summed E-state index contributed by atoms with van der Waals surface area (Å²) in [7, 11) is 0. The molecule has 0 saturated carbocycles. The average molecular weight is 435 g/mol. The Kier molecular flexibility index (Phi) is 6.11. The Hall–Kier alpha value is -2.77. The van der Waals surface area contributed by atoms with Crippen LogP contribution >= 0.6 is 23.1 Å². The Morgan fingerprint density at radius 2 is 1.63 bits per heavy atom. The number of fused-ring (bicyclic) bond motifs is 1. The van der Waals surface area contributed by atoms with Crippen molar-refractivity contribution in [2.24, 2.45) is 0 Å². The van der Waals surface area contributed by atoms with E-state index in [1.165, 1.54) is 22.9 Å². The normalized spacial score (nSPS) is 11.0. The molecule has 1 amide bonds. The van der Waals surface area contributed by atoms with E-state index in [9.17, 15) is 4.79 Å². The summed E-state index contributed by atoms with van der Waals surface area (Å²) < 4.78 is 1.01. The van der Waals surface area contributed by atoms with Crippen molar-refractivity contribution in [2.75, 3.05) is 5.75 Å². The van der Waals surface area contributed by atoms with Gasteiger partial charge in [0.05, 0.1) is 15.5 Å². The predicted octanol–water partition coefficient (Wildman–Crippen LogP) is 5.09. The number of nitrogens with zero attached hydrogens (tertiary/aromatic N) is 3. The van der Waals surface area contributed by atoms with E-state index in [4.69, 9.17) is 0 Å². The van der Waals surface area contributed by atoms with E-state index >= 15 is 0 Å². The molecule has 0 aliphatic heterocycles. The van der Waals surface area contributed by atoms with Gasteiger partial charge in [0, 0.05) is 12.1 Å². The summed E-state index contributed by atoms with van der Waals surface area (Å²) in [5.74, 6) is 0.237. The Morgan fingerprint density at radius 1 is 0.967 bits per heavy atom. The second kappa shape index (κ2) is 8.93. The number of hydrogen-bond donors (Lipinski definition) is 1. The lowest BCUT2D eigenvalue weighted by atomic mass is 10.1. The molecule has 0 radical (unpaired) electrons. The standard InChI is InChI=1S/C23H22N4OS2/c1-14-4-8-17(9-5-14)12-24-19(28)13-29-23-21-22(30-16(3)25-21)20(26-27-23)18-10-6-15(2)7-11-18/h4-11H,12-13H2,1-3H3,(H,24,28). The zero-order chi connectivity index (χ0) is 21.1. The van der Waals surface area contributed by atoms with Crippen molar-refractivity contribution in [3.8, 4) is 11.3 Å². The van der Waals surface area contributed by atoms with Crippen LogP contribution in [0.3, 0.4) is 0 Å². The highest BCUT2D eigenvalue weighted by molar-refractivity contribution is 8.00. The van der Waals surface area contributed by atoms with Gasteiger partial charge in [0.1, 0.15) is 16.2 Å². The van der Waals surface area contributed by atoms with E-state index in [0.717, 1.165) is 32.0 Å². The molecule has 2 aromatic heterocycles. The minimum absolute atomic E-state index is 0.0370. The molecule has 0 fully saturated rings. The van der Waals surface area contributed by atoms with Gasteiger partial charge in [-0.05, 0) is 26.3 Å². The van der Waals surface area contributed by atoms with E-state index < -0.39 is 0 Å². The molecule has 2 heterocycles. The second-order valence-electron chi connectivity index (χ2n) is 7.18. The molecule has 7 heteroatoms. The number of hydrogen-bond acceptors (Lipinski definition) is 6. The molecule has 0 aliphatic carbocycles. The van der Waals surface area contributed by atoms with Gasteiger partial charge < -0.3 is 5.32 Å². The summed E-state index contributed by atoms with van der Waals surface area (Å²) in [6, 6.07) is 16.4. The summed E-state index contributed by atoms with van der Waals surface area (Å²) in [6.07, 6.45) is 0. The van der Waals surface area contributed by atoms with Gasteiger partial charge in [-0.3, -0.25) is 4.79 Å². The quantitative estimate of drug-likeness (QED) is 0.428. The zero-order valence-electron chi connectivity index (χ0n) is 17.1. The van der Waals surface area contributed by atoms with Gasteiger partial charge in [0.25, 0.3) is 0 Å². The third kappa shape index (κ3) is 4.68. The highest BCUT2D eigenvalue weighted by atomic mass is 32.2. The van der Waals surface area contributed by atoms with Crippen LogP contribution in [0.4, 0.5) is 0 Å². The lowest BCUT2D eigenvalue weighted by Crippen LogP contribution is -2.24. The van der Waals surface area contributed by atoms with Crippen molar-refractivity contribution in [3.63, 3.8) is 0 Å². The molecule has 0 spiro atoms. The number of amides is 1. The van der Waals surface area contributed by atoms with E-state index in [1.54, 1.807) is 11.3 Å². The van der Waals surface area contributed by atoms with Gasteiger partial charge in [0.2, 0.25) is 5.91 Å². The predicted molar refractivity (Wildman–Crippen MR) is 124 cm³/mol. The number of benzene rings is 2. The molecule has 2 aromatic carbocycles. The fraction of sp³-hybridized carbons (Fsp3) is 0.217. The molecule has 0 atom stereocenters. The first kappa shape index (κ1) is 20.5. The van der Waals surface area contributed by atoms with Crippen molar-refractivity contribution in [1.82, 2.24) is 20.5 Å². The van der Waals surface area contributed by atoms with Gasteiger partial charge in [-0.15, -0.1) is 21.5 Å². The fourth-order valence-corrected chi connectivity index (χ4v) is 4.75. The number of thiazole rings is 1. The number of aromatic nitrogens is 3. The Balaban J connectivity index is 1.48. The number of nitrogens with one attached hydrogen (secondary N) is 1. The molecular formula is C23H22N4OS2. The van der Waals surface area contributed by atoms with Crippen LogP contribution < -0.4 is 5.32 Å². The Labute approximate surface area is 184 Å².